The fourth-order valence-electron chi connectivity index (χ4n) is 6.85. The predicted molar refractivity (Wildman–Crippen MR) is 243 cm³/mol. The monoisotopic (exact) mass is 817 g/mol. The fraction of sp³-hybridized carbons (Fsp3) is 0.780. The number of hydrogen-bond donors (Lipinski definition) is 1. The predicted octanol–water partition coefficient (Wildman–Crippen LogP) is 13.2. The summed E-state index contributed by atoms with van der Waals surface area (Å²) in [6.07, 6.45) is 48.7. The Morgan fingerprint density at radius 2 is 0.966 bits per heavy atom. The van der Waals surface area contributed by atoms with Crippen molar-refractivity contribution in [1.82, 2.24) is 0 Å². The number of carboxylic acids is 1. The van der Waals surface area contributed by atoms with E-state index in [0.717, 1.165) is 64.2 Å². The maximum absolute atomic E-state index is 12.8. The first-order valence-corrected chi connectivity index (χ1v) is 23.7. The van der Waals surface area contributed by atoms with E-state index in [-0.39, 0.29) is 36.2 Å². The highest BCUT2D eigenvalue weighted by Crippen LogP contribution is 2.15. The second-order valence-corrected chi connectivity index (χ2v) is 17.0. The molecule has 0 aromatic carbocycles. The number of carbonyl (C=O) groups is 3. The summed E-state index contributed by atoms with van der Waals surface area (Å²) in [5.41, 5.74) is 0. The SMILES string of the molecule is CC/C=C/C/C=C/C/C=C/C/C=C/CCCCCCCCCCCCC(=O)OC(COCCC(C(=O)O)[N+](C)(C)C)COC(=O)CCCCCCCCCCCCC. The Kier molecular flexibility index (Phi) is 39.1. The van der Waals surface area contributed by atoms with Crippen LogP contribution in [0, 0.1) is 0 Å². The van der Waals surface area contributed by atoms with Gasteiger partial charge in [0.1, 0.15) is 6.61 Å². The van der Waals surface area contributed by atoms with E-state index >= 15 is 0 Å². The summed E-state index contributed by atoms with van der Waals surface area (Å²) in [5, 5.41) is 9.63. The van der Waals surface area contributed by atoms with Gasteiger partial charge in [0.05, 0.1) is 34.4 Å². The fourth-order valence-corrected chi connectivity index (χ4v) is 6.85. The molecule has 0 fully saturated rings. The van der Waals surface area contributed by atoms with Crippen LogP contribution in [0.2, 0.25) is 0 Å². The molecule has 0 aliphatic heterocycles. The maximum atomic E-state index is 12.8. The highest BCUT2D eigenvalue weighted by molar-refractivity contribution is 5.72. The molecule has 0 heterocycles. The van der Waals surface area contributed by atoms with Gasteiger partial charge in [0.15, 0.2) is 12.1 Å². The van der Waals surface area contributed by atoms with Gasteiger partial charge in [-0.15, -0.1) is 0 Å². The molecule has 0 saturated carbocycles. The third kappa shape index (κ3) is 38.8. The van der Waals surface area contributed by atoms with Gasteiger partial charge in [0.25, 0.3) is 0 Å². The summed E-state index contributed by atoms with van der Waals surface area (Å²) in [5.74, 6) is -1.47. The molecular weight excluding hydrogens is 727 g/mol. The van der Waals surface area contributed by atoms with Crippen LogP contribution in [0.4, 0.5) is 0 Å². The lowest BCUT2D eigenvalue weighted by Gasteiger charge is -2.31. The summed E-state index contributed by atoms with van der Waals surface area (Å²) >= 11 is 0. The van der Waals surface area contributed by atoms with Crippen LogP contribution in [-0.2, 0) is 28.6 Å². The van der Waals surface area contributed by atoms with Crippen LogP contribution in [0.3, 0.4) is 0 Å². The summed E-state index contributed by atoms with van der Waals surface area (Å²) in [4.78, 5) is 37.0. The van der Waals surface area contributed by atoms with Crippen molar-refractivity contribution in [3.05, 3.63) is 48.6 Å². The highest BCUT2D eigenvalue weighted by Gasteiger charge is 2.31. The standard InChI is InChI=1S/C50H89NO7/c1-6-8-10-12-14-16-18-19-20-21-22-23-24-25-26-27-28-29-31-33-35-37-39-41-49(53)58-46(44-56-43-42-47(50(54)55)51(3,4)5)45-57-48(52)40-38-36-34-32-30-17-15-13-11-9-7-2/h8,10,14,16,19-20,22-23,46-47H,6-7,9,11-13,15,17-18,21,24-45H2,1-5H3/p+1/b10-8+,16-14+,20-19+,23-22+. The Bertz CT molecular complexity index is 1090. The molecule has 0 aromatic rings. The van der Waals surface area contributed by atoms with Crippen molar-refractivity contribution in [1.29, 1.82) is 0 Å². The van der Waals surface area contributed by atoms with Crippen molar-refractivity contribution in [2.24, 2.45) is 0 Å². The van der Waals surface area contributed by atoms with Gasteiger partial charge in [0, 0.05) is 19.3 Å². The summed E-state index contributed by atoms with van der Waals surface area (Å²) in [6.45, 7) is 4.62. The minimum Gasteiger partial charge on any atom is -0.477 e. The lowest BCUT2D eigenvalue weighted by molar-refractivity contribution is -0.887. The molecule has 0 radical (unpaired) electrons. The number of esters is 2. The number of likely N-dealkylation sites (N-methyl/N-ethyl adjacent to an activating group) is 1. The topological polar surface area (TPSA) is 99.1 Å². The molecule has 1 N–H and O–H groups in total. The van der Waals surface area contributed by atoms with Crippen molar-refractivity contribution in [3.8, 4) is 0 Å². The van der Waals surface area contributed by atoms with Crippen molar-refractivity contribution in [2.45, 2.75) is 212 Å². The minimum absolute atomic E-state index is 0.0509. The van der Waals surface area contributed by atoms with E-state index in [1.807, 2.05) is 21.1 Å². The zero-order chi connectivity index (χ0) is 42.8. The van der Waals surface area contributed by atoms with Gasteiger partial charge in [-0.2, -0.15) is 0 Å². The van der Waals surface area contributed by atoms with Crippen LogP contribution in [0.15, 0.2) is 48.6 Å². The molecule has 2 atom stereocenters. The molecule has 0 rings (SSSR count). The van der Waals surface area contributed by atoms with Crippen molar-refractivity contribution in [3.63, 3.8) is 0 Å². The smallest absolute Gasteiger partial charge is 0.362 e. The van der Waals surface area contributed by atoms with Crippen molar-refractivity contribution in [2.75, 3.05) is 41.0 Å². The molecule has 336 valence electrons. The van der Waals surface area contributed by atoms with Gasteiger partial charge in [-0.05, 0) is 51.4 Å². The Morgan fingerprint density at radius 3 is 1.43 bits per heavy atom. The number of aliphatic carboxylic acids is 1. The molecule has 0 aliphatic rings. The van der Waals surface area contributed by atoms with Gasteiger partial charge in [-0.25, -0.2) is 4.79 Å². The van der Waals surface area contributed by atoms with E-state index in [4.69, 9.17) is 14.2 Å². The van der Waals surface area contributed by atoms with E-state index < -0.39 is 18.1 Å². The van der Waals surface area contributed by atoms with E-state index in [9.17, 15) is 19.5 Å². The average Bonchev–Trinajstić information content (AvgIpc) is 3.18. The number of quaternary nitrogens is 1. The molecule has 0 aromatic heterocycles. The zero-order valence-corrected chi connectivity index (χ0v) is 38.2. The van der Waals surface area contributed by atoms with Gasteiger partial charge in [-0.3, -0.25) is 9.59 Å². The molecule has 0 saturated heterocycles. The van der Waals surface area contributed by atoms with Gasteiger partial charge >= 0.3 is 17.9 Å². The lowest BCUT2D eigenvalue weighted by Crippen LogP contribution is -2.50. The van der Waals surface area contributed by atoms with E-state index in [1.165, 1.54) is 103 Å². The summed E-state index contributed by atoms with van der Waals surface area (Å²) in [7, 11) is 5.53. The summed E-state index contributed by atoms with van der Waals surface area (Å²) in [6, 6.07) is -0.614. The van der Waals surface area contributed by atoms with E-state index in [2.05, 4.69) is 62.5 Å². The van der Waals surface area contributed by atoms with Crippen LogP contribution in [-0.4, -0.2) is 80.6 Å². The molecule has 0 spiro atoms. The van der Waals surface area contributed by atoms with Crippen LogP contribution in [0.25, 0.3) is 0 Å². The van der Waals surface area contributed by atoms with Crippen LogP contribution in [0.5, 0.6) is 0 Å². The number of nitrogens with zero attached hydrogens (tertiary/aromatic N) is 1. The Balaban J connectivity index is 4.23. The van der Waals surface area contributed by atoms with Gasteiger partial charge in [0.2, 0.25) is 0 Å². The molecule has 0 bridgehead atoms. The molecule has 0 aliphatic carbocycles. The third-order valence-electron chi connectivity index (χ3n) is 10.5. The van der Waals surface area contributed by atoms with E-state index in [1.54, 1.807) is 0 Å². The van der Waals surface area contributed by atoms with Crippen LogP contribution in [0.1, 0.15) is 200 Å². The molecule has 0 amide bonds. The maximum Gasteiger partial charge on any atom is 0.362 e. The number of unbranched alkanes of at least 4 members (excludes halogenated alkanes) is 20. The first-order valence-electron chi connectivity index (χ1n) is 23.7. The molecule has 58 heavy (non-hydrogen) atoms. The zero-order valence-electron chi connectivity index (χ0n) is 38.2. The largest absolute Gasteiger partial charge is 0.477 e. The van der Waals surface area contributed by atoms with Crippen LogP contribution >= 0.6 is 0 Å². The average molecular weight is 817 g/mol. The molecule has 8 heteroatoms. The second kappa shape index (κ2) is 41.0. The third-order valence-corrected chi connectivity index (χ3v) is 10.5. The number of carboxylic acid groups (broad SMARTS) is 1. The van der Waals surface area contributed by atoms with E-state index in [0.29, 0.717) is 19.3 Å². The molecule has 2 unspecified atom stereocenters. The second-order valence-electron chi connectivity index (χ2n) is 17.0. The van der Waals surface area contributed by atoms with Gasteiger partial charge in [-0.1, -0.05) is 178 Å². The lowest BCUT2D eigenvalue weighted by atomic mass is 10.0. The first kappa shape index (κ1) is 55.3. The number of allylic oxidation sites excluding steroid dienone is 8. The Labute approximate surface area is 356 Å². The molecular formula is C50H90NO7+. The first-order chi connectivity index (χ1) is 28.1. The number of hydrogen-bond acceptors (Lipinski definition) is 6. The number of carbonyl (C=O) groups excluding carboxylic acids is 2. The quantitative estimate of drug-likeness (QED) is 0.0283. The van der Waals surface area contributed by atoms with Gasteiger partial charge < -0.3 is 23.8 Å². The summed E-state index contributed by atoms with van der Waals surface area (Å²) < 4.78 is 17.3. The number of ether oxygens (including phenoxy) is 3. The van der Waals surface area contributed by atoms with Crippen molar-refractivity contribution >= 4 is 17.9 Å². The minimum atomic E-state index is -0.875. The Hall–Kier alpha value is -2.71. The Morgan fingerprint density at radius 1 is 0.534 bits per heavy atom. The highest BCUT2D eigenvalue weighted by atomic mass is 16.6. The number of rotatable bonds is 42. The normalized spacial score (nSPS) is 13.3. The molecule has 8 nitrogen and oxygen atoms in total. The van der Waals surface area contributed by atoms with Crippen LogP contribution < -0.4 is 0 Å². The van der Waals surface area contributed by atoms with Crippen molar-refractivity contribution < 1.29 is 38.2 Å².